The minimum absolute atomic E-state index is 0.173. The van der Waals surface area contributed by atoms with Gasteiger partial charge in [-0.3, -0.25) is 9.78 Å². The monoisotopic (exact) mass is 500 g/mol. The molecule has 0 unspecified atom stereocenters. The maximum Gasteiger partial charge on any atom is 0.251 e. The highest BCUT2D eigenvalue weighted by Gasteiger charge is 2.34. The lowest BCUT2D eigenvalue weighted by molar-refractivity contribution is -0.0300. The van der Waals surface area contributed by atoms with E-state index in [1.54, 1.807) is 18.2 Å². The van der Waals surface area contributed by atoms with Gasteiger partial charge < -0.3 is 15.4 Å². The first-order valence-corrected chi connectivity index (χ1v) is 13.4. The number of rotatable bonds is 6. The predicted octanol–water partition coefficient (Wildman–Crippen LogP) is 5.97. The third-order valence-electron chi connectivity index (χ3n) is 8.71. The largest absolute Gasteiger partial charge is 0.388 e. The number of nitrogens with zero attached hydrogens (tertiary/aromatic N) is 2. The van der Waals surface area contributed by atoms with Gasteiger partial charge in [-0.2, -0.15) is 0 Å². The molecule has 4 aromatic rings. The molecule has 1 amide bonds. The quantitative estimate of drug-likeness (QED) is 0.304. The summed E-state index contributed by atoms with van der Waals surface area (Å²) in [5.41, 5.74) is 3.60. The summed E-state index contributed by atoms with van der Waals surface area (Å²) in [6.07, 6.45) is 8.61. The molecule has 7 heteroatoms. The number of nitrogens with one attached hydrogen (secondary N) is 2. The molecule has 2 aromatic heterocycles. The van der Waals surface area contributed by atoms with Gasteiger partial charge in [0.15, 0.2) is 0 Å². The van der Waals surface area contributed by atoms with Crippen molar-refractivity contribution in [1.82, 2.24) is 20.3 Å². The molecule has 0 radical (unpaired) electrons. The van der Waals surface area contributed by atoms with Crippen molar-refractivity contribution < 1.29 is 14.3 Å². The van der Waals surface area contributed by atoms with Crippen LogP contribution in [0.2, 0.25) is 0 Å². The van der Waals surface area contributed by atoms with Crippen LogP contribution in [0.3, 0.4) is 0 Å². The fourth-order valence-corrected chi connectivity index (χ4v) is 6.14. The molecule has 2 saturated carbocycles. The van der Waals surface area contributed by atoms with Gasteiger partial charge in [0.1, 0.15) is 11.6 Å². The number of hydrogen-bond donors (Lipinski definition) is 3. The summed E-state index contributed by atoms with van der Waals surface area (Å²) in [7, 11) is 0. The lowest BCUT2D eigenvalue weighted by Gasteiger charge is -2.36. The lowest BCUT2D eigenvalue weighted by Crippen LogP contribution is -2.47. The number of H-pyrrole nitrogens is 1. The normalized spacial score (nSPS) is 22.0. The van der Waals surface area contributed by atoms with E-state index >= 15 is 0 Å². The van der Waals surface area contributed by atoms with Gasteiger partial charge in [0.05, 0.1) is 22.2 Å². The van der Waals surface area contributed by atoms with Gasteiger partial charge in [-0.15, -0.1) is 0 Å². The molecule has 2 fully saturated rings. The minimum atomic E-state index is -0.740. The zero-order chi connectivity index (χ0) is 25.6. The Bertz CT molecular complexity index is 1450. The first kappa shape index (κ1) is 24.0. The Morgan fingerprint density at radius 1 is 1.14 bits per heavy atom. The number of hydrogen-bond acceptors (Lipinski definition) is 4. The Balaban J connectivity index is 1.12. The number of benzene rings is 2. The highest BCUT2D eigenvalue weighted by molar-refractivity contribution is 5.97. The van der Waals surface area contributed by atoms with Gasteiger partial charge in [-0.25, -0.2) is 9.37 Å². The number of aromatic nitrogens is 3. The Morgan fingerprint density at radius 3 is 2.68 bits per heavy atom. The van der Waals surface area contributed by atoms with Crippen LogP contribution in [0.25, 0.3) is 21.9 Å². The minimum Gasteiger partial charge on any atom is -0.388 e. The Hall–Kier alpha value is -3.32. The van der Waals surface area contributed by atoms with Crippen molar-refractivity contribution in [2.24, 2.45) is 5.92 Å². The summed E-state index contributed by atoms with van der Waals surface area (Å²) in [6.45, 7) is 2.52. The third kappa shape index (κ3) is 4.73. The molecule has 2 heterocycles. The second kappa shape index (κ2) is 9.53. The molecular formula is C30H33FN4O2. The van der Waals surface area contributed by atoms with Crippen LogP contribution in [0.1, 0.15) is 85.5 Å². The number of carbonyl (C=O) groups is 1. The second-order valence-corrected chi connectivity index (χ2v) is 11.1. The van der Waals surface area contributed by atoms with Crippen LogP contribution >= 0.6 is 0 Å². The van der Waals surface area contributed by atoms with E-state index in [0.717, 1.165) is 72.7 Å². The molecule has 0 aliphatic heterocycles. The fourth-order valence-electron chi connectivity index (χ4n) is 6.14. The van der Waals surface area contributed by atoms with E-state index in [1.807, 2.05) is 18.3 Å². The summed E-state index contributed by atoms with van der Waals surface area (Å²) in [6, 6.07) is 12.4. The topological polar surface area (TPSA) is 90.9 Å². The molecule has 37 heavy (non-hydrogen) atoms. The molecule has 0 spiro atoms. The number of aromatic amines is 1. The number of halogens is 1. The number of amides is 1. The van der Waals surface area contributed by atoms with E-state index in [0.29, 0.717) is 23.9 Å². The summed E-state index contributed by atoms with van der Waals surface area (Å²) >= 11 is 0. The van der Waals surface area contributed by atoms with E-state index in [-0.39, 0.29) is 17.6 Å². The SMILES string of the molecule is C[C@@H](c1nc2ccc(C(=O)NCC3(O)CCC3)cc2[nH]1)[C@H]1CC[C@H](c2ccnc3ccc(F)cc32)CC1. The van der Waals surface area contributed by atoms with Crippen LogP contribution < -0.4 is 5.32 Å². The third-order valence-corrected chi connectivity index (χ3v) is 8.71. The summed E-state index contributed by atoms with van der Waals surface area (Å²) < 4.78 is 13.9. The van der Waals surface area contributed by atoms with Crippen LogP contribution in [0.15, 0.2) is 48.7 Å². The number of fused-ring (bicyclic) bond motifs is 2. The summed E-state index contributed by atoms with van der Waals surface area (Å²) in [5, 5.41) is 14.1. The van der Waals surface area contributed by atoms with Crippen molar-refractivity contribution in [3.63, 3.8) is 0 Å². The fraction of sp³-hybridized carbons (Fsp3) is 0.433. The molecule has 2 aliphatic carbocycles. The zero-order valence-corrected chi connectivity index (χ0v) is 21.1. The van der Waals surface area contributed by atoms with Crippen molar-refractivity contribution in [3.05, 3.63) is 71.4 Å². The standard InChI is InChI=1S/C30H33FN4O2/c1-18(19-3-5-20(6-4-19)23-11-14-32-25-10-8-22(31)16-24(23)25)28-34-26-9-7-21(15-27(26)35-28)29(36)33-17-30(37)12-2-13-30/h7-11,14-16,18-20,37H,2-6,12-13,17H2,1H3,(H,33,36)(H,34,35)/t18-,19-,20-/m1/s1. The molecule has 1 atom stereocenters. The molecule has 0 bridgehead atoms. The number of imidazole rings is 1. The molecule has 2 aliphatic rings. The van der Waals surface area contributed by atoms with Crippen LogP contribution in [0, 0.1) is 11.7 Å². The van der Waals surface area contributed by atoms with E-state index in [9.17, 15) is 14.3 Å². The molecule has 3 N–H and O–H groups in total. The Kier molecular flexibility index (Phi) is 6.19. The summed E-state index contributed by atoms with van der Waals surface area (Å²) in [5.74, 6) is 1.75. The van der Waals surface area contributed by atoms with Gasteiger partial charge in [-0.1, -0.05) is 6.92 Å². The van der Waals surface area contributed by atoms with Crippen LogP contribution in [-0.2, 0) is 0 Å². The molecule has 2 aromatic carbocycles. The lowest BCUT2D eigenvalue weighted by atomic mass is 9.73. The van der Waals surface area contributed by atoms with Crippen molar-refractivity contribution >= 4 is 27.8 Å². The zero-order valence-electron chi connectivity index (χ0n) is 21.1. The first-order valence-electron chi connectivity index (χ1n) is 13.4. The average Bonchev–Trinajstić information content (AvgIpc) is 3.33. The van der Waals surface area contributed by atoms with E-state index < -0.39 is 5.60 Å². The van der Waals surface area contributed by atoms with Gasteiger partial charge in [-0.05, 0) is 105 Å². The molecule has 6 nitrogen and oxygen atoms in total. The summed E-state index contributed by atoms with van der Waals surface area (Å²) in [4.78, 5) is 25.4. The molecule has 192 valence electrons. The molecule has 6 rings (SSSR count). The highest BCUT2D eigenvalue weighted by Crippen LogP contribution is 2.43. The van der Waals surface area contributed by atoms with Crippen LogP contribution in [-0.4, -0.2) is 38.1 Å². The van der Waals surface area contributed by atoms with Crippen molar-refractivity contribution in [1.29, 1.82) is 0 Å². The van der Waals surface area contributed by atoms with E-state index in [1.165, 1.54) is 11.6 Å². The predicted molar refractivity (Wildman–Crippen MR) is 142 cm³/mol. The van der Waals surface area contributed by atoms with Crippen LogP contribution in [0.4, 0.5) is 4.39 Å². The van der Waals surface area contributed by atoms with Gasteiger partial charge >= 0.3 is 0 Å². The van der Waals surface area contributed by atoms with E-state index in [4.69, 9.17) is 4.98 Å². The van der Waals surface area contributed by atoms with Gasteiger partial charge in [0.25, 0.3) is 5.91 Å². The number of aliphatic hydroxyl groups is 1. The Morgan fingerprint density at radius 2 is 1.92 bits per heavy atom. The first-order chi connectivity index (χ1) is 17.9. The maximum atomic E-state index is 13.9. The average molecular weight is 501 g/mol. The van der Waals surface area contributed by atoms with E-state index in [2.05, 4.69) is 28.3 Å². The van der Waals surface area contributed by atoms with Gasteiger partial charge in [0, 0.05) is 29.6 Å². The van der Waals surface area contributed by atoms with Crippen LogP contribution in [0.5, 0.6) is 0 Å². The maximum absolute atomic E-state index is 13.9. The highest BCUT2D eigenvalue weighted by atomic mass is 19.1. The number of carbonyl (C=O) groups excluding carboxylic acids is 1. The second-order valence-electron chi connectivity index (χ2n) is 11.1. The van der Waals surface area contributed by atoms with Crippen molar-refractivity contribution in [2.45, 2.75) is 69.3 Å². The van der Waals surface area contributed by atoms with Gasteiger partial charge in [0.2, 0.25) is 0 Å². The number of pyridine rings is 1. The van der Waals surface area contributed by atoms with Crippen molar-refractivity contribution in [2.75, 3.05) is 6.54 Å². The molecule has 0 saturated heterocycles. The molecular weight excluding hydrogens is 467 g/mol. The smallest absolute Gasteiger partial charge is 0.251 e. The van der Waals surface area contributed by atoms with Crippen molar-refractivity contribution in [3.8, 4) is 0 Å². The Labute approximate surface area is 215 Å².